The Morgan fingerprint density at radius 2 is 2.15 bits per heavy atom. The Balaban J connectivity index is 3.05. The van der Waals surface area contributed by atoms with E-state index in [1.807, 2.05) is 11.9 Å². The van der Waals surface area contributed by atoms with Gasteiger partial charge in [0.15, 0.2) is 5.82 Å². The second kappa shape index (κ2) is 3.79. The number of nitrogens with two attached hydrogens (primary N) is 1. The third kappa shape index (κ3) is 2.21. The molecule has 0 aliphatic carbocycles. The third-order valence-electron chi connectivity index (χ3n) is 1.85. The van der Waals surface area contributed by atoms with Crippen molar-refractivity contribution in [2.24, 2.45) is 0 Å². The highest BCUT2D eigenvalue weighted by Crippen LogP contribution is 2.23. The second-order valence-corrected chi connectivity index (χ2v) is 3.51. The van der Waals surface area contributed by atoms with E-state index in [9.17, 15) is 0 Å². The van der Waals surface area contributed by atoms with Crippen LogP contribution in [0.5, 0.6) is 0 Å². The van der Waals surface area contributed by atoms with E-state index < -0.39 is 0 Å². The molecule has 0 saturated carbocycles. The van der Waals surface area contributed by atoms with E-state index in [-0.39, 0.29) is 5.95 Å². The van der Waals surface area contributed by atoms with Crippen molar-refractivity contribution in [3.63, 3.8) is 0 Å². The average Bonchev–Trinajstić information content (AvgIpc) is 2.08. The summed E-state index contributed by atoms with van der Waals surface area (Å²) in [4.78, 5) is 9.79. The van der Waals surface area contributed by atoms with Gasteiger partial charge in [0.25, 0.3) is 0 Å². The van der Waals surface area contributed by atoms with Gasteiger partial charge >= 0.3 is 0 Å². The first kappa shape index (κ1) is 10.1. The predicted molar refractivity (Wildman–Crippen MR) is 55.0 cm³/mol. The van der Waals surface area contributed by atoms with Crippen LogP contribution in [-0.2, 0) is 0 Å². The zero-order chi connectivity index (χ0) is 10.0. The zero-order valence-electron chi connectivity index (χ0n) is 7.95. The number of hydrogen-bond acceptors (Lipinski definition) is 4. The molecule has 0 bridgehead atoms. The molecule has 0 radical (unpaired) electrons. The van der Waals surface area contributed by atoms with Crippen molar-refractivity contribution in [1.82, 2.24) is 9.97 Å². The molecule has 1 heterocycles. The number of nitrogen functional groups attached to an aromatic ring is 1. The molecule has 72 valence electrons. The predicted octanol–water partition coefficient (Wildman–Crippen LogP) is 1.56. The minimum atomic E-state index is 0.243. The SMILES string of the molecule is CC(C)N(C)c1nc(N)ncc1Cl. The van der Waals surface area contributed by atoms with Gasteiger partial charge in [0.2, 0.25) is 5.95 Å². The zero-order valence-corrected chi connectivity index (χ0v) is 8.71. The molecule has 1 rings (SSSR count). The maximum atomic E-state index is 5.91. The van der Waals surface area contributed by atoms with Gasteiger partial charge in [-0.3, -0.25) is 0 Å². The van der Waals surface area contributed by atoms with Gasteiger partial charge in [0.05, 0.1) is 6.20 Å². The summed E-state index contributed by atoms with van der Waals surface area (Å²) in [6.07, 6.45) is 1.51. The van der Waals surface area contributed by atoms with E-state index in [4.69, 9.17) is 17.3 Å². The number of halogens is 1. The van der Waals surface area contributed by atoms with E-state index in [1.165, 1.54) is 6.20 Å². The van der Waals surface area contributed by atoms with Crippen LogP contribution in [-0.4, -0.2) is 23.1 Å². The highest BCUT2D eigenvalue weighted by molar-refractivity contribution is 6.32. The van der Waals surface area contributed by atoms with Crippen molar-refractivity contribution in [1.29, 1.82) is 0 Å². The lowest BCUT2D eigenvalue weighted by Crippen LogP contribution is -2.27. The summed E-state index contributed by atoms with van der Waals surface area (Å²) in [7, 11) is 1.92. The van der Waals surface area contributed by atoms with Gasteiger partial charge in [-0.25, -0.2) is 4.98 Å². The monoisotopic (exact) mass is 200 g/mol. The molecule has 0 spiro atoms. The van der Waals surface area contributed by atoms with Crippen molar-refractivity contribution < 1.29 is 0 Å². The molecule has 0 aliphatic rings. The smallest absolute Gasteiger partial charge is 0.222 e. The topological polar surface area (TPSA) is 55.0 Å². The van der Waals surface area contributed by atoms with Crippen molar-refractivity contribution in [3.05, 3.63) is 11.2 Å². The van der Waals surface area contributed by atoms with Gasteiger partial charge in [0.1, 0.15) is 5.02 Å². The number of aromatic nitrogens is 2. The molecule has 2 N–H and O–H groups in total. The summed E-state index contributed by atoms with van der Waals surface area (Å²) < 4.78 is 0. The number of rotatable bonds is 2. The quantitative estimate of drug-likeness (QED) is 0.787. The average molecular weight is 201 g/mol. The Bertz CT molecular complexity index is 300. The summed E-state index contributed by atoms with van der Waals surface area (Å²) in [6.45, 7) is 4.10. The highest BCUT2D eigenvalue weighted by Gasteiger charge is 2.11. The fourth-order valence-electron chi connectivity index (χ4n) is 0.863. The van der Waals surface area contributed by atoms with E-state index in [0.717, 1.165) is 0 Å². The molecule has 0 atom stereocenters. The molecule has 0 unspecified atom stereocenters. The van der Waals surface area contributed by atoms with E-state index in [0.29, 0.717) is 16.9 Å². The fourth-order valence-corrected chi connectivity index (χ4v) is 1.09. The molecular formula is C8H13ClN4. The molecule has 13 heavy (non-hydrogen) atoms. The molecule has 0 fully saturated rings. The Labute approximate surface area is 82.7 Å². The third-order valence-corrected chi connectivity index (χ3v) is 2.12. The molecule has 0 saturated heterocycles. The van der Waals surface area contributed by atoms with Crippen molar-refractivity contribution >= 4 is 23.4 Å². The summed E-state index contributed by atoms with van der Waals surface area (Å²) in [6, 6.07) is 0.326. The summed E-state index contributed by atoms with van der Waals surface area (Å²) >= 11 is 5.91. The second-order valence-electron chi connectivity index (χ2n) is 3.10. The molecule has 4 nitrogen and oxygen atoms in total. The van der Waals surface area contributed by atoms with Crippen LogP contribution in [0.2, 0.25) is 5.02 Å². The molecule has 5 heteroatoms. The van der Waals surface area contributed by atoms with Crippen LogP contribution in [0, 0.1) is 0 Å². The van der Waals surface area contributed by atoms with Crippen molar-refractivity contribution in [2.45, 2.75) is 19.9 Å². The number of anilines is 2. The van der Waals surface area contributed by atoms with Crippen LogP contribution in [0.3, 0.4) is 0 Å². The lowest BCUT2D eigenvalue weighted by molar-refractivity contribution is 0.742. The van der Waals surface area contributed by atoms with E-state index in [2.05, 4.69) is 23.8 Å². The maximum absolute atomic E-state index is 5.91. The number of hydrogen-bond donors (Lipinski definition) is 1. The van der Waals surface area contributed by atoms with Crippen LogP contribution in [0.15, 0.2) is 6.20 Å². The lowest BCUT2D eigenvalue weighted by atomic mass is 10.3. The first-order valence-electron chi connectivity index (χ1n) is 4.03. The molecule has 1 aromatic heterocycles. The molecule has 1 aromatic rings. The first-order valence-corrected chi connectivity index (χ1v) is 4.41. The van der Waals surface area contributed by atoms with E-state index in [1.54, 1.807) is 0 Å². The molecule has 0 aromatic carbocycles. The van der Waals surface area contributed by atoms with Gasteiger partial charge in [-0.15, -0.1) is 0 Å². The van der Waals surface area contributed by atoms with Crippen LogP contribution in [0.25, 0.3) is 0 Å². The molecule has 0 aliphatic heterocycles. The number of nitrogens with zero attached hydrogens (tertiary/aromatic N) is 3. The summed E-state index contributed by atoms with van der Waals surface area (Å²) in [5.41, 5.74) is 5.46. The van der Waals surface area contributed by atoms with Gasteiger partial charge in [-0.2, -0.15) is 4.98 Å². The summed E-state index contributed by atoms with van der Waals surface area (Å²) in [5.74, 6) is 0.913. The highest BCUT2D eigenvalue weighted by atomic mass is 35.5. The Hall–Kier alpha value is -1.03. The van der Waals surface area contributed by atoms with Crippen molar-refractivity contribution in [2.75, 3.05) is 17.7 Å². The van der Waals surface area contributed by atoms with Gasteiger partial charge in [-0.05, 0) is 13.8 Å². The minimum absolute atomic E-state index is 0.243. The first-order chi connectivity index (χ1) is 6.02. The summed E-state index contributed by atoms with van der Waals surface area (Å²) in [5, 5.41) is 0.519. The fraction of sp³-hybridized carbons (Fsp3) is 0.500. The Kier molecular flexibility index (Phi) is 2.93. The standard InChI is InChI=1S/C8H13ClN4/c1-5(2)13(3)7-6(9)4-11-8(10)12-7/h4-5H,1-3H3,(H2,10,11,12). The van der Waals surface area contributed by atoms with Crippen LogP contribution < -0.4 is 10.6 Å². The molecule has 0 amide bonds. The van der Waals surface area contributed by atoms with Crippen LogP contribution in [0.1, 0.15) is 13.8 Å². The Morgan fingerprint density at radius 1 is 1.54 bits per heavy atom. The normalized spacial score (nSPS) is 10.5. The van der Waals surface area contributed by atoms with Gasteiger partial charge in [0, 0.05) is 13.1 Å². The van der Waals surface area contributed by atoms with Gasteiger partial charge < -0.3 is 10.6 Å². The maximum Gasteiger partial charge on any atom is 0.222 e. The minimum Gasteiger partial charge on any atom is -0.368 e. The molecular weight excluding hydrogens is 188 g/mol. The largest absolute Gasteiger partial charge is 0.368 e. The van der Waals surface area contributed by atoms with Crippen LogP contribution >= 0.6 is 11.6 Å². The lowest BCUT2D eigenvalue weighted by Gasteiger charge is -2.23. The van der Waals surface area contributed by atoms with Crippen molar-refractivity contribution in [3.8, 4) is 0 Å². The Morgan fingerprint density at radius 3 is 2.69 bits per heavy atom. The van der Waals surface area contributed by atoms with Crippen LogP contribution in [0.4, 0.5) is 11.8 Å². The van der Waals surface area contributed by atoms with Gasteiger partial charge in [-0.1, -0.05) is 11.6 Å². The van der Waals surface area contributed by atoms with E-state index >= 15 is 0 Å².